The van der Waals surface area contributed by atoms with Crippen molar-refractivity contribution in [2.24, 2.45) is 17.8 Å². The minimum atomic E-state index is 0.527. The molecule has 0 aromatic rings. The van der Waals surface area contributed by atoms with E-state index in [4.69, 9.17) is 0 Å². The second-order valence-corrected chi connectivity index (χ2v) is 5.89. The van der Waals surface area contributed by atoms with Gasteiger partial charge in [0.25, 0.3) is 0 Å². The zero-order valence-corrected chi connectivity index (χ0v) is 10.7. The average Bonchev–Trinajstić information content (AvgIpc) is 2.30. The van der Waals surface area contributed by atoms with Crippen LogP contribution in [0.4, 0.5) is 0 Å². The predicted molar refractivity (Wildman–Crippen MR) is 67.3 cm³/mol. The Bertz CT molecular complexity index is 232. The van der Waals surface area contributed by atoms with E-state index in [2.05, 4.69) is 6.92 Å². The van der Waals surface area contributed by atoms with Gasteiger partial charge in [-0.3, -0.25) is 4.79 Å². The number of carbonyl (C=O) groups excluding carboxylic acids is 1. The average molecular weight is 222 g/mol. The molecule has 0 aromatic carbocycles. The maximum Gasteiger partial charge on any atom is 0.133 e. The lowest BCUT2D eigenvalue weighted by Crippen LogP contribution is -2.32. The number of Topliss-reactive ketones (excluding diaryl/α,β-unsaturated/α-hetero) is 1. The van der Waals surface area contributed by atoms with Gasteiger partial charge < -0.3 is 0 Å². The van der Waals surface area contributed by atoms with Crippen molar-refractivity contribution >= 4 is 5.78 Å². The second-order valence-electron chi connectivity index (χ2n) is 5.89. The molecule has 1 nitrogen and oxygen atoms in total. The highest BCUT2D eigenvalue weighted by Crippen LogP contribution is 2.45. The van der Waals surface area contributed by atoms with Gasteiger partial charge in [0, 0.05) is 12.8 Å². The molecule has 2 aliphatic rings. The maximum absolute atomic E-state index is 11.8. The van der Waals surface area contributed by atoms with Gasteiger partial charge in [-0.2, -0.15) is 0 Å². The molecule has 2 aliphatic carbocycles. The fraction of sp³-hybridized carbons (Fsp3) is 0.933. The van der Waals surface area contributed by atoms with Gasteiger partial charge in [-0.25, -0.2) is 0 Å². The first-order chi connectivity index (χ1) is 7.81. The largest absolute Gasteiger partial charge is 0.300 e. The van der Waals surface area contributed by atoms with Crippen LogP contribution in [0.15, 0.2) is 0 Å². The normalized spacial score (nSPS) is 34.4. The molecular weight excluding hydrogens is 196 g/mol. The highest BCUT2D eigenvalue weighted by Gasteiger charge is 2.35. The number of hydrogen-bond acceptors (Lipinski definition) is 1. The standard InChI is InChI=1S/C15H26O/c1-2-6-14(16)11-13-9-5-8-12-7-3-4-10-15(12)13/h12-13,15H,2-11H2,1H3. The maximum atomic E-state index is 11.8. The molecule has 0 heterocycles. The highest BCUT2D eigenvalue weighted by molar-refractivity contribution is 5.78. The lowest BCUT2D eigenvalue weighted by molar-refractivity contribution is -0.121. The summed E-state index contributed by atoms with van der Waals surface area (Å²) in [6.07, 6.45) is 12.6. The Balaban J connectivity index is 1.89. The Labute approximate surface area is 100.0 Å². The van der Waals surface area contributed by atoms with Crippen LogP contribution in [-0.2, 0) is 4.79 Å². The van der Waals surface area contributed by atoms with Crippen LogP contribution in [0.2, 0.25) is 0 Å². The Morgan fingerprint density at radius 3 is 2.62 bits per heavy atom. The lowest BCUT2D eigenvalue weighted by atomic mass is 9.64. The number of fused-ring (bicyclic) bond motifs is 1. The topological polar surface area (TPSA) is 17.1 Å². The van der Waals surface area contributed by atoms with Gasteiger partial charge in [0.05, 0.1) is 0 Å². The van der Waals surface area contributed by atoms with E-state index in [1.165, 1.54) is 44.9 Å². The van der Waals surface area contributed by atoms with Crippen molar-refractivity contribution in [2.45, 2.75) is 71.1 Å². The molecule has 2 fully saturated rings. The van der Waals surface area contributed by atoms with Crippen molar-refractivity contribution in [2.75, 3.05) is 0 Å². The van der Waals surface area contributed by atoms with E-state index in [9.17, 15) is 4.79 Å². The molecule has 0 bridgehead atoms. The fourth-order valence-corrected chi connectivity index (χ4v) is 4.00. The summed E-state index contributed by atoms with van der Waals surface area (Å²) in [6, 6.07) is 0. The van der Waals surface area contributed by atoms with Crippen LogP contribution in [0.1, 0.15) is 71.1 Å². The van der Waals surface area contributed by atoms with Crippen LogP contribution in [0.25, 0.3) is 0 Å². The molecule has 3 atom stereocenters. The monoisotopic (exact) mass is 222 g/mol. The zero-order chi connectivity index (χ0) is 11.4. The van der Waals surface area contributed by atoms with E-state index in [0.717, 1.165) is 37.0 Å². The molecule has 3 unspecified atom stereocenters. The van der Waals surface area contributed by atoms with Gasteiger partial charge in [0.2, 0.25) is 0 Å². The number of carbonyl (C=O) groups is 1. The molecule has 0 radical (unpaired) electrons. The van der Waals surface area contributed by atoms with Crippen LogP contribution in [0.5, 0.6) is 0 Å². The van der Waals surface area contributed by atoms with Gasteiger partial charge in [-0.05, 0) is 37.0 Å². The third kappa shape index (κ3) is 2.87. The van der Waals surface area contributed by atoms with Gasteiger partial charge >= 0.3 is 0 Å². The summed E-state index contributed by atoms with van der Waals surface area (Å²) in [5, 5.41) is 0. The summed E-state index contributed by atoms with van der Waals surface area (Å²) in [5.74, 6) is 3.15. The molecule has 0 amide bonds. The Morgan fingerprint density at radius 1 is 1.06 bits per heavy atom. The minimum Gasteiger partial charge on any atom is -0.300 e. The quantitative estimate of drug-likeness (QED) is 0.691. The SMILES string of the molecule is CCCC(=O)CC1CCCC2CCCCC21. The van der Waals surface area contributed by atoms with E-state index in [0.29, 0.717) is 5.78 Å². The summed E-state index contributed by atoms with van der Waals surface area (Å²) in [4.78, 5) is 11.8. The summed E-state index contributed by atoms with van der Waals surface area (Å²) in [5.41, 5.74) is 0. The van der Waals surface area contributed by atoms with Crippen molar-refractivity contribution in [3.8, 4) is 0 Å². The summed E-state index contributed by atoms with van der Waals surface area (Å²) in [6.45, 7) is 2.11. The van der Waals surface area contributed by atoms with Crippen molar-refractivity contribution < 1.29 is 4.79 Å². The molecule has 0 aliphatic heterocycles. The van der Waals surface area contributed by atoms with Crippen LogP contribution < -0.4 is 0 Å². The Hall–Kier alpha value is -0.330. The van der Waals surface area contributed by atoms with Crippen molar-refractivity contribution in [3.05, 3.63) is 0 Å². The predicted octanol–water partition coefficient (Wildman–Crippen LogP) is 4.35. The third-order valence-corrected chi connectivity index (χ3v) is 4.74. The number of hydrogen-bond donors (Lipinski definition) is 0. The number of rotatable bonds is 4. The molecule has 0 aromatic heterocycles. The van der Waals surface area contributed by atoms with Gasteiger partial charge in [-0.15, -0.1) is 0 Å². The van der Waals surface area contributed by atoms with E-state index >= 15 is 0 Å². The summed E-state index contributed by atoms with van der Waals surface area (Å²) >= 11 is 0. The molecule has 0 N–H and O–H groups in total. The van der Waals surface area contributed by atoms with Crippen molar-refractivity contribution in [1.82, 2.24) is 0 Å². The van der Waals surface area contributed by atoms with Gasteiger partial charge in [-0.1, -0.05) is 39.0 Å². The van der Waals surface area contributed by atoms with E-state index in [1.807, 2.05) is 0 Å². The van der Waals surface area contributed by atoms with Crippen molar-refractivity contribution in [3.63, 3.8) is 0 Å². The Morgan fingerprint density at radius 2 is 1.81 bits per heavy atom. The minimum absolute atomic E-state index is 0.527. The highest BCUT2D eigenvalue weighted by atomic mass is 16.1. The van der Waals surface area contributed by atoms with Gasteiger partial charge in [0.1, 0.15) is 5.78 Å². The molecule has 92 valence electrons. The van der Waals surface area contributed by atoms with Crippen molar-refractivity contribution in [1.29, 1.82) is 0 Å². The molecular formula is C15H26O. The fourth-order valence-electron chi connectivity index (χ4n) is 4.00. The van der Waals surface area contributed by atoms with E-state index < -0.39 is 0 Å². The number of ketones is 1. The molecule has 0 saturated heterocycles. The van der Waals surface area contributed by atoms with E-state index in [1.54, 1.807) is 0 Å². The first-order valence-corrected chi connectivity index (χ1v) is 7.33. The molecule has 16 heavy (non-hydrogen) atoms. The molecule has 2 rings (SSSR count). The molecule has 1 heteroatoms. The smallest absolute Gasteiger partial charge is 0.133 e. The third-order valence-electron chi connectivity index (χ3n) is 4.74. The summed E-state index contributed by atoms with van der Waals surface area (Å²) in [7, 11) is 0. The molecule has 2 saturated carbocycles. The van der Waals surface area contributed by atoms with Crippen LogP contribution in [0.3, 0.4) is 0 Å². The summed E-state index contributed by atoms with van der Waals surface area (Å²) < 4.78 is 0. The lowest BCUT2D eigenvalue weighted by Gasteiger charge is -2.41. The van der Waals surface area contributed by atoms with Crippen LogP contribution in [0, 0.1) is 17.8 Å². The first-order valence-electron chi connectivity index (χ1n) is 7.33. The van der Waals surface area contributed by atoms with Crippen LogP contribution in [-0.4, -0.2) is 5.78 Å². The molecule has 0 spiro atoms. The zero-order valence-electron chi connectivity index (χ0n) is 10.7. The second kappa shape index (κ2) is 5.84. The van der Waals surface area contributed by atoms with Gasteiger partial charge in [0.15, 0.2) is 0 Å². The Kier molecular flexibility index (Phi) is 4.43. The van der Waals surface area contributed by atoms with Crippen LogP contribution >= 0.6 is 0 Å². The van der Waals surface area contributed by atoms with E-state index in [-0.39, 0.29) is 0 Å². The first kappa shape index (κ1) is 12.1.